The molecule has 2 aliphatic carbocycles. The van der Waals surface area contributed by atoms with Crippen molar-refractivity contribution in [3.63, 3.8) is 0 Å². The van der Waals surface area contributed by atoms with E-state index < -0.39 is 4.87 Å². The Balaban J connectivity index is 2.11. The van der Waals surface area contributed by atoms with E-state index in [2.05, 4.69) is 0 Å². The first kappa shape index (κ1) is 6.66. The van der Waals surface area contributed by atoms with Crippen molar-refractivity contribution in [2.24, 2.45) is 11.8 Å². The Bertz CT molecular complexity index is 155. The molecule has 2 atom stereocenters. The molecule has 0 amide bonds. The number of alkyl halides is 1. The number of carbonyl (C=O) groups is 1. The first-order valence-electron chi connectivity index (χ1n) is 3.94. The normalized spacial score (nSPS) is 51.7. The number of hydrogen-bond acceptors (Lipinski definition) is 1. The third-order valence-electron chi connectivity index (χ3n) is 2.97. The molecule has 10 heavy (non-hydrogen) atoms. The number of carbonyl (C=O) groups excluding carboxylic acids is 1. The molecule has 0 aliphatic heterocycles. The average Bonchev–Trinajstić information content (AvgIpc) is 2.60. The molecule has 2 heteroatoms. The fourth-order valence-corrected chi connectivity index (χ4v) is 2.73. The minimum absolute atomic E-state index is 0.420. The van der Waals surface area contributed by atoms with Crippen molar-refractivity contribution in [3.05, 3.63) is 0 Å². The van der Waals surface area contributed by atoms with Crippen LogP contribution in [0.25, 0.3) is 0 Å². The minimum Gasteiger partial charge on any atom is -0.301 e. The molecule has 0 bridgehead atoms. The van der Waals surface area contributed by atoms with Crippen molar-refractivity contribution in [1.29, 1.82) is 0 Å². The van der Waals surface area contributed by atoms with Crippen molar-refractivity contribution in [1.82, 2.24) is 0 Å². The summed E-state index contributed by atoms with van der Waals surface area (Å²) < 4.78 is 0. The first-order chi connectivity index (χ1) is 4.79. The molecule has 2 aliphatic rings. The van der Waals surface area contributed by atoms with E-state index in [-0.39, 0.29) is 0 Å². The summed E-state index contributed by atoms with van der Waals surface area (Å²) in [6, 6.07) is 0. The topological polar surface area (TPSA) is 17.1 Å². The van der Waals surface area contributed by atoms with Crippen molar-refractivity contribution < 1.29 is 4.79 Å². The maximum atomic E-state index is 10.5. The summed E-state index contributed by atoms with van der Waals surface area (Å²) in [6.07, 6.45) is 5.84. The van der Waals surface area contributed by atoms with Gasteiger partial charge in [0, 0.05) is 0 Å². The van der Waals surface area contributed by atoms with Crippen molar-refractivity contribution in [2.45, 2.75) is 30.6 Å². The van der Waals surface area contributed by atoms with Crippen LogP contribution in [0.1, 0.15) is 25.7 Å². The van der Waals surface area contributed by atoms with Crippen molar-refractivity contribution in [2.75, 3.05) is 0 Å². The highest BCUT2D eigenvalue weighted by Crippen LogP contribution is 2.61. The molecule has 2 fully saturated rings. The number of hydrogen-bond donors (Lipinski definition) is 0. The third-order valence-corrected chi connectivity index (χ3v) is 3.62. The minimum atomic E-state index is -0.420. The summed E-state index contributed by atoms with van der Waals surface area (Å²) >= 11 is 6.03. The van der Waals surface area contributed by atoms with E-state index in [1.165, 1.54) is 25.7 Å². The molecule has 0 spiro atoms. The highest BCUT2D eigenvalue weighted by atomic mass is 35.5. The third kappa shape index (κ3) is 0.672. The molecule has 2 saturated carbocycles. The highest BCUT2D eigenvalue weighted by molar-refractivity contribution is 6.34. The van der Waals surface area contributed by atoms with Gasteiger partial charge in [0.05, 0.1) is 0 Å². The Hall–Kier alpha value is -0.0400. The molecule has 0 N–H and O–H groups in total. The molecule has 0 unspecified atom stereocenters. The van der Waals surface area contributed by atoms with Crippen LogP contribution in [0.5, 0.6) is 0 Å². The summed E-state index contributed by atoms with van der Waals surface area (Å²) in [5.41, 5.74) is 0. The summed E-state index contributed by atoms with van der Waals surface area (Å²) in [5, 5.41) is 0. The molecule has 0 aromatic heterocycles. The molecular weight excluding hydrogens is 148 g/mol. The van der Waals surface area contributed by atoms with Gasteiger partial charge in [-0.2, -0.15) is 0 Å². The molecule has 0 aromatic rings. The van der Waals surface area contributed by atoms with Gasteiger partial charge in [-0.3, -0.25) is 0 Å². The Morgan fingerprint density at radius 2 is 1.80 bits per heavy atom. The second-order valence-corrected chi connectivity index (χ2v) is 4.10. The Morgan fingerprint density at radius 1 is 1.30 bits per heavy atom. The first-order valence-corrected chi connectivity index (χ1v) is 4.32. The van der Waals surface area contributed by atoms with Gasteiger partial charge >= 0.3 is 0 Å². The van der Waals surface area contributed by atoms with Gasteiger partial charge in [-0.1, -0.05) is 12.8 Å². The molecule has 1 nitrogen and oxygen atoms in total. The van der Waals surface area contributed by atoms with E-state index in [1.54, 1.807) is 0 Å². The summed E-state index contributed by atoms with van der Waals surface area (Å²) in [5.74, 6) is 1.06. The Kier molecular flexibility index (Phi) is 1.31. The van der Waals surface area contributed by atoms with Gasteiger partial charge in [0.25, 0.3) is 0 Å². The summed E-state index contributed by atoms with van der Waals surface area (Å²) in [4.78, 5) is 10.1. The zero-order valence-corrected chi connectivity index (χ0v) is 6.60. The summed E-state index contributed by atoms with van der Waals surface area (Å²) in [6.45, 7) is 0. The van der Waals surface area contributed by atoms with Crippen LogP contribution in [0.3, 0.4) is 0 Å². The van der Waals surface area contributed by atoms with E-state index >= 15 is 0 Å². The SMILES string of the molecule is O=CC1(Cl)[C@@H]2CCCC[C@H]21. The standard InChI is InChI=1S/C8H11ClO/c9-8(5-10)6-3-1-2-4-7(6)8/h5-7H,1-4H2/t6-,7-/m1/s1. The second kappa shape index (κ2) is 1.97. The molecule has 56 valence electrons. The lowest BCUT2D eigenvalue weighted by Crippen LogP contribution is -2.04. The van der Waals surface area contributed by atoms with E-state index in [9.17, 15) is 4.79 Å². The fourth-order valence-electron chi connectivity index (χ4n) is 2.27. The smallest absolute Gasteiger partial charge is 0.141 e. The predicted octanol–water partition coefficient (Wildman–Crippen LogP) is 1.98. The van der Waals surface area contributed by atoms with Crippen LogP contribution in [0.4, 0.5) is 0 Å². The molecule has 0 heterocycles. The predicted molar refractivity (Wildman–Crippen MR) is 40.1 cm³/mol. The number of rotatable bonds is 1. The largest absolute Gasteiger partial charge is 0.301 e. The lowest BCUT2D eigenvalue weighted by molar-refractivity contribution is -0.108. The maximum absolute atomic E-state index is 10.5. The molecule has 0 radical (unpaired) electrons. The average molecular weight is 159 g/mol. The second-order valence-electron chi connectivity index (χ2n) is 3.44. The van der Waals surface area contributed by atoms with Crippen LogP contribution in [0.2, 0.25) is 0 Å². The van der Waals surface area contributed by atoms with Gasteiger partial charge in [-0.25, -0.2) is 0 Å². The Morgan fingerprint density at radius 3 is 2.20 bits per heavy atom. The van der Waals surface area contributed by atoms with Gasteiger partial charge in [0.1, 0.15) is 11.2 Å². The fraction of sp³-hybridized carbons (Fsp3) is 0.875. The van der Waals surface area contributed by atoms with Gasteiger partial charge in [0.2, 0.25) is 0 Å². The monoisotopic (exact) mass is 158 g/mol. The molecule has 2 rings (SSSR count). The van der Waals surface area contributed by atoms with E-state index in [0.717, 1.165) is 6.29 Å². The van der Waals surface area contributed by atoms with Gasteiger partial charge in [-0.05, 0) is 24.7 Å². The van der Waals surface area contributed by atoms with Gasteiger partial charge in [-0.15, -0.1) is 11.6 Å². The molecular formula is C8H11ClO. The highest BCUT2D eigenvalue weighted by Gasteiger charge is 2.63. The van der Waals surface area contributed by atoms with Crippen LogP contribution in [0.15, 0.2) is 0 Å². The lowest BCUT2D eigenvalue weighted by atomic mass is 10.0. The van der Waals surface area contributed by atoms with E-state index in [4.69, 9.17) is 11.6 Å². The zero-order chi connectivity index (χ0) is 7.19. The molecule has 0 saturated heterocycles. The van der Waals surface area contributed by atoms with E-state index in [0.29, 0.717) is 11.8 Å². The maximum Gasteiger partial charge on any atom is 0.141 e. The van der Waals surface area contributed by atoms with Gasteiger partial charge in [0.15, 0.2) is 0 Å². The van der Waals surface area contributed by atoms with Crippen LogP contribution >= 0.6 is 11.6 Å². The van der Waals surface area contributed by atoms with Crippen molar-refractivity contribution >= 4 is 17.9 Å². The quantitative estimate of drug-likeness (QED) is 0.421. The van der Waals surface area contributed by atoms with Gasteiger partial charge < -0.3 is 4.79 Å². The van der Waals surface area contributed by atoms with Crippen LogP contribution < -0.4 is 0 Å². The van der Waals surface area contributed by atoms with Crippen LogP contribution in [-0.4, -0.2) is 11.2 Å². The van der Waals surface area contributed by atoms with Crippen molar-refractivity contribution in [3.8, 4) is 0 Å². The lowest BCUT2D eigenvalue weighted by Gasteiger charge is -2.04. The Labute approximate surface area is 65.7 Å². The summed E-state index contributed by atoms with van der Waals surface area (Å²) in [7, 11) is 0. The number of aldehydes is 1. The zero-order valence-electron chi connectivity index (χ0n) is 5.85. The van der Waals surface area contributed by atoms with E-state index in [1.807, 2.05) is 0 Å². The van der Waals surface area contributed by atoms with Crippen LogP contribution in [-0.2, 0) is 4.79 Å². The molecule has 0 aromatic carbocycles. The van der Waals surface area contributed by atoms with Crippen LogP contribution in [0, 0.1) is 11.8 Å². The number of fused-ring (bicyclic) bond motifs is 1. The number of halogens is 1.